The molecule has 1 aliphatic rings. The van der Waals surface area contributed by atoms with Gasteiger partial charge in [-0.05, 0) is 37.9 Å². The summed E-state index contributed by atoms with van der Waals surface area (Å²) in [7, 11) is 0. The Morgan fingerprint density at radius 3 is 3.00 bits per heavy atom. The fraction of sp³-hybridized carbons (Fsp3) is 0.727. The SMILES string of the molecule is c1cnn(CCOCC2CCNCC2)c1. The number of nitrogens with one attached hydrogen (secondary N) is 1. The fourth-order valence-corrected chi connectivity index (χ4v) is 1.89. The molecular formula is C11H19N3O. The van der Waals surface area contributed by atoms with E-state index in [9.17, 15) is 0 Å². The first-order chi connectivity index (χ1) is 7.45. The molecule has 84 valence electrons. The van der Waals surface area contributed by atoms with E-state index in [0.717, 1.165) is 38.8 Å². The van der Waals surface area contributed by atoms with Crippen LogP contribution in [0.3, 0.4) is 0 Å². The summed E-state index contributed by atoms with van der Waals surface area (Å²) in [5, 5.41) is 7.49. The Kier molecular flexibility index (Phi) is 4.17. The molecule has 0 bridgehead atoms. The highest BCUT2D eigenvalue weighted by atomic mass is 16.5. The predicted octanol–water partition coefficient (Wildman–Crippen LogP) is 0.899. The van der Waals surface area contributed by atoms with Crippen LogP contribution in [0.15, 0.2) is 18.5 Å². The second-order valence-electron chi connectivity index (χ2n) is 4.04. The van der Waals surface area contributed by atoms with Crippen molar-refractivity contribution in [1.82, 2.24) is 15.1 Å². The van der Waals surface area contributed by atoms with Crippen LogP contribution in [0.5, 0.6) is 0 Å². The number of hydrogen-bond donors (Lipinski definition) is 1. The molecular weight excluding hydrogens is 190 g/mol. The van der Waals surface area contributed by atoms with Crippen molar-refractivity contribution in [2.75, 3.05) is 26.3 Å². The van der Waals surface area contributed by atoms with E-state index in [1.54, 1.807) is 6.20 Å². The second-order valence-corrected chi connectivity index (χ2v) is 4.04. The molecule has 0 saturated carbocycles. The van der Waals surface area contributed by atoms with Gasteiger partial charge in [0.1, 0.15) is 0 Å². The van der Waals surface area contributed by atoms with Gasteiger partial charge < -0.3 is 10.1 Å². The van der Waals surface area contributed by atoms with Crippen molar-refractivity contribution in [3.05, 3.63) is 18.5 Å². The van der Waals surface area contributed by atoms with Crippen LogP contribution in [0, 0.1) is 5.92 Å². The van der Waals surface area contributed by atoms with E-state index in [1.807, 2.05) is 16.9 Å². The van der Waals surface area contributed by atoms with Gasteiger partial charge in [-0.25, -0.2) is 0 Å². The molecule has 4 nitrogen and oxygen atoms in total. The third-order valence-corrected chi connectivity index (χ3v) is 2.84. The molecule has 4 heteroatoms. The normalized spacial score (nSPS) is 18.1. The van der Waals surface area contributed by atoms with Crippen molar-refractivity contribution in [3.63, 3.8) is 0 Å². The molecule has 1 fully saturated rings. The molecule has 0 radical (unpaired) electrons. The predicted molar refractivity (Wildman–Crippen MR) is 58.6 cm³/mol. The van der Waals surface area contributed by atoms with E-state index in [-0.39, 0.29) is 0 Å². The van der Waals surface area contributed by atoms with E-state index in [4.69, 9.17) is 4.74 Å². The zero-order valence-electron chi connectivity index (χ0n) is 9.06. The molecule has 15 heavy (non-hydrogen) atoms. The Morgan fingerprint density at radius 1 is 1.40 bits per heavy atom. The molecule has 0 unspecified atom stereocenters. The van der Waals surface area contributed by atoms with Crippen molar-refractivity contribution in [2.24, 2.45) is 5.92 Å². The third kappa shape index (κ3) is 3.64. The van der Waals surface area contributed by atoms with Gasteiger partial charge in [0, 0.05) is 19.0 Å². The highest BCUT2D eigenvalue weighted by Gasteiger charge is 2.12. The van der Waals surface area contributed by atoms with E-state index in [1.165, 1.54) is 12.8 Å². The lowest BCUT2D eigenvalue weighted by Gasteiger charge is -2.22. The number of rotatable bonds is 5. The van der Waals surface area contributed by atoms with Crippen LogP contribution in [-0.2, 0) is 11.3 Å². The van der Waals surface area contributed by atoms with Gasteiger partial charge in [-0.15, -0.1) is 0 Å². The number of aromatic nitrogens is 2. The molecule has 2 heterocycles. The Hall–Kier alpha value is -0.870. The molecule has 0 amide bonds. The van der Waals surface area contributed by atoms with Gasteiger partial charge in [0.2, 0.25) is 0 Å². The highest BCUT2D eigenvalue weighted by Crippen LogP contribution is 2.11. The monoisotopic (exact) mass is 209 g/mol. The fourth-order valence-electron chi connectivity index (χ4n) is 1.89. The van der Waals surface area contributed by atoms with Gasteiger partial charge in [0.05, 0.1) is 13.2 Å². The first kappa shape index (κ1) is 10.6. The van der Waals surface area contributed by atoms with Crippen molar-refractivity contribution < 1.29 is 4.74 Å². The maximum atomic E-state index is 5.66. The van der Waals surface area contributed by atoms with E-state index in [0.29, 0.717) is 0 Å². The van der Waals surface area contributed by atoms with Crippen molar-refractivity contribution >= 4 is 0 Å². The summed E-state index contributed by atoms with van der Waals surface area (Å²) < 4.78 is 7.56. The number of nitrogens with zero attached hydrogens (tertiary/aromatic N) is 2. The minimum Gasteiger partial charge on any atom is -0.379 e. The van der Waals surface area contributed by atoms with Crippen LogP contribution in [0.2, 0.25) is 0 Å². The molecule has 0 aromatic carbocycles. The van der Waals surface area contributed by atoms with Gasteiger partial charge in [-0.3, -0.25) is 4.68 Å². The van der Waals surface area contributed by atoms with Crippen LogP contribution in [0.25, 0.3) is 0 Å². The summed E-state index contributed by atoms with van der Waals surface area (Å²) in [6.45, 7) is 4.83. The first-order valence-corrected chi connectivity index (χ1v) is 5.71. The van der Waals surface area contributed by atoms with Crippen LogP contribution in [-0.4, -0.2) is 36.1 Å². The summed E-state index contributed by atoms with van der Waals surface area (Å²) in [6, 6.07) is 1.94. The summed E-state index contributed by atoms with van der Waals surface area (Å²) in [6.07, 6.45) is 6.27. The average Bonchev–Trinajstić information content (AvgIpc) is 2.79. The maximum Gasteiger partial charge on any atom is 0.0662 e. The lowest BCUT2D eigenvalue weighted by atomic mass is 9.99. The Morgan fingerprint density at radius 2 is 2.27 bits per heavy atom. The lowest BCUT2D eigenvalue weighted by molar-refractivity contribution is 0.0806. The smallest absolute Gasteiger partial charge is 0.0662 e. The van der Waals surface area contributed by atoms with Gasteiger partial charge in [0.25, 0.3) is 0 Å². The quantitative estimate of drug-likeness (QED) is 0.732. The van der Waals surface area contributed by atoms with E-state index in [2.05, 4.69) is 10.4 Å². The van der Waals surface area contributed by atoms with Crippen LogP contribution < -0.4 is 5.32 Å². The van der Waals surface area contributed by atoms with Gasteiger partial charge in [0.15, 0.2) is 0 Å². The summed E-state index contributed by atoms with van der Waals surface area (Å²) in [5.74, 6) is 0.754. The van der Waals surface area contributed by atoms with Crippen molar-refractivity contribution in [3.8, 4) is 0 Å². The Bertz CT molecular complexity index is 255. The maximum absolute atomic E-state index is 5.66. The Labute approximate surface area is 90.6 Å². The minimum absolute atomic E-state index is 0.754. The van der Waals surface area contributed by atoms with Gasteiger partial charge in [-0.1, -0.05) is 0 Å². The molecule has 1 aromatic rings. The largest absolute Gasteiger partial charge is 0.379 e. The number of hydrogen-bond acceptors (Lipinski definition) is 3. The standard InChI is InChI=1S/C11H19N3O/c1-4-13-14(7-1)8-9-15-10-11-2-5-12-6-3-11/h1,4,7,11-12H,2-3,5-6,8-10H2. The zero-order valence-corrected chi connectivity index (χ0v) is 9.06. The first-order valence-electron chi connectivity index (χ1n) is 5.71. The average molecular weight is 209 g/mol. The van der Waals surface area contributed by atoms with Crippen molar-refractivity contribution in [2.45, 2.75) is 19.4 Å². The number of piperidine rings is 1. The minimum atomic E-state index is 0.754. The lowest BCUT2D eigenvalue weighted by Crippen LogP contribution is -2.30. The molecule has 1 aromatic heterocycles. The van der Waals surface area contributed by atoms with Crippen LogP contribution >= 0.6 is 0 Å². The number of ether oxygens (including phenoxy) is 1. The summed E-state index contributed by atoms with van der Waals surface area (Å²) in [5.41, 5.74) is 0. The van der Waals surface area contributed by atoms with Gasteiger partial charge in [-0.2, -0.15) is 5.10 Å². The van der Waals surface area contributed by atoms with E-state index >= 15 is 0 Å². The van der Waals surface area contributed by atoms with Crippen LogP contribution in [0.1, 0.15) is 12.8 Å². The molecule has 0 aliphatic carbocycles. The molecule has 1 aliphatic heterocycles. The van der Waals surface area contributed by atoms with E-state index < -0.39 is 0 Å². The topological polar surface area (TPSA) is 39.1 Å². The molecule has 2 rings (SSSR count). The highest BCUT2D eigenvalue weighted by molar-refractivity contribution is 4.77. The summed E-state index contributed by atoms with van der Waals surface area (Å²) in [4.78, 5) is 0. The zero-order chi connectivity index (χ0) is 10.3. The molecule has 1 N–H and O–H groups in total. The van der Waals surface area contributed by atoms with Crippen LogP contribution in [0.4, 0.5) is 0 Å². The summed E-state index contributed by atoms with van der Waals surface area (Å²) >= 11 is 0. The van der Waals surface area contributed by atoms with Gasteiger partial charge >= 0.3 is 0 Å². The third-order valence-electron chi connectivity index (χ3n) is 2.84. The molecule has 0 atom stereocenters. The second kappa shape index (κ2) is 5.88. The van der Waals surface area contributed by atoms with Crippen molar-refractivity contribution in [1.29, 1.82) is 0 Å². The molecule has 1 saturated heterocycles. The molecule has 0 spiro atoms. The Balaban J connectivity index is 1.54.